The molecule has 1 aromatic rings. The number of nitrogens with zero attached hydrogens (tertiary/aromatic N) is 1. The molecule has 0 spiro atoms. The van der Waals surface area contributed by atoms with Crippen LogP contribution in [0.3, 0.4) is 0 Å². The minimum Gasteiger partial charge on any atom is -0.442 e. The van der Waals surface area contributed by atoms with E-state index in [1.165, 1.54) is 0 Å². The largest absolute Gasteiger partial charge is 0.442 e. The van der Waals surface area contributed by atoms with Gasteiger partial charge in [-0.15, -0.1) is 0 Å². The first kappa shape index (κ1) is 11.4. The van der Waals surface area contributed by atoms with Gasteiger partial charge in [-0.3, -0.25) is 0 Å². The molecule has 0 radical (unpaired) electrons. The molecule has 1 atom stereocenters. The van der Waals surface area contributed by atoms with Crippen LogP contribution in [0.15, 0.2) is 28.7 Å². The number of hydrogen-bond acceptors (Lipinski definition) is 3. The lowest BCUT2D eigenvalue weighted by atomic mass is 10.2. The van der Waals surface area contributed by atoms with Gasteiger partial charge in [0.25, 0.3) is 0 Å². The van der Waals surface area contributed by atoms with Crippen molar-refractivity contribution < 1.29 is 14.6 Å². The maximum atomic E-state index is 11.4. The molecule has 16 heavy (non-hydrogen) atoms. The number of carbonyl (C=O) groups is 1. The third-order valence-corrected chi connectivity index (χ3v) is 2.97. The zero-order chi connectivity index (χ0) is 11.5. The topological polar surface area (TPSA) is 49.8 Å². The fraction of sp³-hybridized carbons (Fsp3) is 0.364. The maximum Gasteiger partial charge on any atom is 0.410 e. The molecule has 0 aliphatic carbocycles. The van der Waals surface area contributed by atoms with E-state index in [2.05, 4.69) is 15.9 Å². The van der Waals surface area contributed by atoms with Crippen molar-refractivity contribution in [3.63, 3.8) is 0 Å². The summed E-state index contributed by atoms with van der Waals surface area (Å²) < 4.78 is 5.95. The van der Waals surface area contributed by atoms with Crippen molar-refractivity contribution in [2.24, 2.45) is 0 Å². The lowest BCUT2D eigenvalue weighted by Crippen LogP contribution is -2.25. The molecule has 0 bridgehead atoms. The SMILES string of the molecule is O=C1OC(CO)CN1Cc1ccc(Br)cc1. The van der Waals surface area contributed by atoms with Gasteiger partial charge in [-0.05, 0) is 17.7 Å². The summed E-state index contributed by atoms with van der Waals surface area (Å²) in [4.78, 5) is 13.0. The van der Waals surface area contributed by atoms with Gasteiger partial charge < -0.3 is 14.7 Å². The monoisotopic (exact) mass is 285 g/mol. The van der Waals surface area contributed by atoms with Gasteiger partial charge in [-0.1, -0.05) is 28.1 Å². The molecular weight excluding hydrogens is 274 g/mol. The predicted octanol–water partition coefficient (Wildman–Crippen LogP) is 1.76. The van der Waals surface area contributed by atoms with Crippen molar-refractivity contribution in [2.45, 2.75) is 12.6 Å². The Kier molecular flexibility index (Phi) is 3.46. The fourth-order valence-corrected chi connectivity index (χ4v) is 1.87. The number of ether oxygens (including phenoxy) is 1. The quantitative estimate of drug-likeness (QED) is 0.921. The zero-order valence-electron chi connectivity index (χ0n) is 8.60. The van der Waals surface area contributed by atoms with E-state index in [1.807, 2.05) is 24.3 Å². The highest BCUT2D eigenvalue weighted by molar-refractivity contribution is 9.10. The van der Waals surface area contributed by atoms with Crippen LogP contribution in [0.2, 0.25) is 0 Å². The van der Waals surface area contributed by atoms with E-state index < -0.39 is 0 Å². The van der Waals surface area contributed by atoms with Gasteiger partial charge in [0.15, 0.2) is 0 Å². The van der Waals surface area contributed by atoms with Gasteiger partial charge >= 0.3 is 6.09 Å². The van der Waals surface area contributed by atoms with E-state index in [9.17, 15) is 4.79 Å². The van der Waals surface area contributed by atoms with Crippen molar-refractivity contribution in [1.82, 2.24) is 4.90 Å². The summed E-state index contributed by atoms with van der Waals surface area (Å²) in [5.41, 5.74) is 1.04. The van der Waals surface area contributed by atoms with Crippen LogP contribution in [0.1, 0.15) is 5.56 Å². The molecule has 1 fully saturated rings. The molecule has 1 saturated heterocycles. The predicted molar refractivity (Wildman–Crippen MR) is 61.9 cm³/mol. The lowest BCUT2D eigenvalue weighted by molar-refractivity contribution is 0.0947. The molecule has 1 unspecified atom stereocenters. The number of amides is 1. The summed E-state index contributed by atoms with van der Waals surface area (Å²) in [6.07, 6.45) is -0.745. The summed E-state index contributed by atoms with van der Waals surface area (Å²) in [7, 11) is 0. The average Bonchev–Trinajstić information content (AvgIpc) is 2.63. The number of halogens is 1. The number of cyclic esters (lactones) is 1. The van der Waals surface area contributed by atoms with E-state index >= 15 is 0 Å². The number of aliphatic hydroxyl groups is 1. The number of hydrogen-bond donors (Lipinski definition) is 1. The van der Waals surface area contributed by atoms with Crippen molar-refractivity contribution in [3.8, 4) is 0 Å². The second kappa shape index (κ2) is 4.84. The Morgan fingerprint density at radius 3 is 2.69 bits per heavy atom. The lowest BCUT2D eigenvalue weighted by Gasteiger charge is -2.12. The van der Waals surface area contributed by atoms with Gasteiger partial charge in [0.1, 0.15) is 6.10 Å². The van der Waals surface area contributed by atoms with Crippen molar-refractivity contribution in [2.75, 3.05) is 13.2 Å². The van der Waals surface area contributed by atoms with Gasteiger partial charge in [-0.25, -0.2) is 4.79 Å². The number of benzene rings is 1. The maximum absolute atomic E-state index is 11.4. The molecule has 1 aliphatic heterocycles. The van der Waals surface area contributed by atoms with Crippen molar-refractivity contribution in [1.29, 1.82) is 0 Å². The average molecular weight is 286 g/mol. The van der Waals surface area contributed by atoms with Crippen LogP contribution in [-0.4, -0.2) is 35.4 Å². The highest BCUT2D eigenvalue weighted by Gasteiger charge is 2.30. The van der Waals surface area contributed by atoms with Crippen LogP contribution >= 0.6 is 15.9 Å². The van der Waals surface area contributed by atoms with E-state index in [1.54, 1.807) is 4.90 Å². The van der Waals surface area contributed by atoms with Crippen molar-refractivity contribution >= 4 is 22.0 Å². The molecule has 4 nitrogen and oxygen atoms in total. The summed E-state index contributed by atoms with van der Waals surface area (Å²) in [6, 6.07) is 7.76. The van der Waals surface area contributed by atoms with Crippen molar-refractivity contribution in [3.05, 3.63) is 34.3 Å². The smallest absolute Gasteiger partial charge is 0.410 e. The van der Waals surface area contributed by atoms with Crippen LogP contribution in [0.25, 0.3) is 0 Å². The molecule has 1 aromatic carbocycles. The van der Waals surface area contributed by atoms with Gasteiger partial charge in [-0.2, -0.15) is 0 Å². The first-order valence-electron chi connectivity index (χ1n) is 5.00. The molecule has 86 valence electrons. The van der Waals surface area contributed by atoms with E-state index in [4.69, 9.17) is 9.84 Å². The minimum atomic E-state index is -0.386. The van der Waals surface area contributed by atoms with E-state index in [-0.39, 0.29) is 18.8 Å². The normalized spacial score (nSPS) is 20.0. The van der Waals surface area contributed by atoms with Crippen LogP contribution in [-0.2, 0) is 11.3 Å². The highest BCUT2D eigenvalue weighted by Crippen LogP contribution is 2.16. The third-order valence-electron chi connectivity index (χ3n) is 2.44. The molecule has 5 heteroatoms. The minimum absolute atomic E-state index is 0.122. The van der Waals surface area contributed by atoms with Crippen LogP contribution in [0.5, 0.6) is 0 Å². The number of carbonyl (C=O) groups excluding carboxylic acids is 1. The Morgan fingerprint density at radius 2 is 2.12 bits per heavy atom. The summed E-state index contributed by atoms with van der Waals surface area (Å²) >= 11 is 3.35. The highest BCUT2D eigenvalue weighted by atomic mass is 79.9. The number of aliphatic hydroxyl groups excluding tert-OH is 1. The van der Waals surface area contributed by atoms with Gasteiger partial charge in [0, 0.05) is 11.0 Å². The Balaban J connectivity index is 2.00. The summed E-state index contributed by atoms with van der Waals surface area (Å²) in [5, 5.41) is 8.89. The van der Waals surface area contributed by atoms with Gasteiger partial charge in [0.2, 0.25) is 0 Å². The standard InChI is InChI=1S/C11H12BrNO3/c12-9-3-1-8(2-4-9)5-13-6-10(7-14)16-11(13)15/h1-4,10,14H,5-7H2. The second-order valence-corrected chi connectivity index (χ2v) is 4.61. The van der Waals surface area contributed by atoms with Crippen LogP contribution in [0, 0.1) is 0 Å². The Morgan fingerprint density at radius 1 is 1.44 bits per heavy atom. The zero-order valence-corrected chi connectivity index (χ0v) is 10.2. The first-order valence-corrected chi connectivity index (χ1v) is 5.79. The second-order valence-electron chi connectivity index (χ2n) is 3.70. The van der Waals surface area contributed by atoms with E-state index in [0.717, 1.165) is 10.0 Å². The van der Waals surface area contributed by atoms with Crippen LogP contribution < -0.4 is 0 Å². The molecule has 1 heterocycles. The van der Waals surface area contributed by atoms with Crippen LogP contribution in [0.4, 0.5) is 4.79 Å². The third kappa shape index (κ3) is 2.54. The Bertz CT molecular complexity index is 379. The van der Waals surface area contributed by atoms with E-state index in [0.29, 0.717) is 13.1 Å². The molecule has 1 aliphatic rings. The number of rotatable bonds is 3. The molecule has 2 rings (SSSR count). The fourth-order valence-electron chi connectivity index (χ4n) is 1.61. The molecule has 0 aromatic heterocycles. The molecule has 1 N–H and O–H groups in total. The molecule has 0 saturated carbocycles. The summed E-state index contributed by atoms with van der Waals surface area (Å²) in [5.74, 6) is 0. The Hall–Kier alpha value is -1.07. The first-order chi connectivity index (χ1) is 7.69. The Labute approximate surface area is 102 Å². The molecular formula is C11H12BrNO3. The summed E-state index contributed by atoms with van der Waals surface area (Å²) in [6.45, 7) is 0.844. The van der Waals surface area contributed by atoms with Gasteiger partial charge in [0.05, 0.1) is 13.2 Å². The molecule has 1 amide bonds.